The summed E-state index contributed by atoms with van der Waals surface area (Å²) >= 11 is 10.1. The van der Waals surface area contributed by atoms with Gasteiger partial charge in [0.25, 0.3) is 0 Å². The lowest BCUT2D eigenvalue weighted by molar-refractivity contribution is 0.472. The van der Waals surface area contributed by atoms with Crippen molar-refractivity contribution in [2.75, 3.05) is 0 Å². The fourth-order valence-corrected chi connectivity index (χ4v) is 2.17. The molecule has 1 aromatic carbocycles. The average Bonchev–Trinajstić information content (AvgIpc) is 2.15. The Morgan fingerprint density at radius 3 is 2.69 bits per heavy atom. The first-order valence-electron chi connectivity index (χ1n) is 4.78. The SMILES string of the molecule is CC(=S)c1c(O)ccc2c(C)cc(=S)oc12. The highest BCUT2D eigenvalue weighted by molar-refractivity contribution is 7.80. The second-order valence-corrected chi connectivity index (χ2v) is 4.66. The van der Waals surface area contributed by atoms with Crippen molar-refractivity contribution in [3.8, 4) is 5.75 Å². The van der Waals surface area contributed by atoms with Crippen molar-refractivity contribution in [2.24, 2.45) is 0 Å². The second-order valence-electron chi connectivity index (χ2n) is 3.64. The molecule has 0 spiro atoms. The van der Waals surface area contributed by atoms with Gasteiger partial charge in [-0.05, 0) is 49.8 Å². The number of phenols is 1. The molecule has 0 saturated heterocycles. The van der Waals surface area contributed by atoms with Crippen LogP contribution in [0.1, 0.15) is 18.1 Å². The van der Waals surface area contributed by atoms with Crippen molar-refractivity contribution in [2.45, 2.75) is 13.8 Å². The quantitative estimate of drug-likeness (QED) is 0.614. The van der Waals surface area contributed by atoms with E-state index in [9.17, 15) is 5.11 Å². The average molecular weight is 250 g/mol. The van der Waals surface area contributed by atoms with Gasteiger partial charge in [-0.3, -0.25) is 0 Å². The molecule has 2 rings (SSSR count). The van der Waals surface area contributed by atoms with Gasteiger partial charge in [0.1, 0.15) is 11.3 Å². The molecule has 0 aliphatic heterocycles. The third-order valence-corrected chi connectivity index (χ3v) is 2.85. The van der Waals surface area contributed by atoms with Crippen LogP contribution in [0.25, 0.3) is 11.0 Å². The Labute approximate surface area is 104 Å². The molecule has 0 bridgehead atoms. The Bertz CT molecular complexity index is 641. The summed E-state index contributed by atoms with van der Waals surface area (Å²) in [4.78, 5) is 0.590. The molecule has 4 heteroatoms. The molecule has 0 unspecified atom stereocenters. The number of aryl methyl sites for hydroxylation is 1. The van der Waals surface area contributed by atoms with Crippen LogP contribution in [0.4, 0.5) is 0 Å². The molecule has 1 heterocycles. The standard InChI is InChI=1S/C12H10O2S2/c1-6-5-10(16)14-12-8(6)3-4-9(13)11(12)7(2)15/h3-5,13H,1-2H3. The molecular weight excluding hydrogens is 240 g/mol. The summed E-state index contributed by atoms with van der Waals surface area (Å²) in [5.41, 5.74) is 2.14. The molecule has 1 aromatic heterocycles. The van der Waals surface area contributed by atoms with Gasteiger partial charge in [0.05, 0.1) is 5.56 Å². The molecule has 2 nitrogen and oxygen atoms in total. The maximum absolute atomic E-state index is 9.78. The van der Waals surface area contributed by atoms with Gasteiger partial charge in [0, 0.05) is 10.3 Å². The zero-order chi connectivity index (χ0) is 11.9. The number of phenolic OH excluding ortho intramolecular Hbond substituents is 1. The van der Waals surface area contributed by atoms with Crippen molar-refractivity contribution in [3.63, 3.8) is 0 Å². The number of rotatable bonds is 1. The largest absolute Gasteiger partial charge is 0.507 e. The third-order valence-electron chi connectivity index (χ3n) is 2.45. The summed E-state index contributed by atoms with van der Waals surface area (Å²) in [5.74, 6) is 0.128. The van der Waals surface area contributed by atoms with E-state index in [-0.39, 0.29) is 5.75 Å². The van der Waals surface area contributed by atoms with E-state index in [1.165, 1.54) is 0 Å². The van der Waals surface area contributed by atoms with Gasteiger partial charge in [-0.2, -0.15) is 0 Å². The van der Waals surface area contributed by atoms with Crippen LogP contribution in [0, 0.1) is 11.6 Å². The molecule has 0 amide bonds. The molecule has 0 aliphatic rings. The molecular formula is C12H10O2S2. The summed E-state index contributed by atoms with van der Waals surface area (Å²) in [6.45, 7) is 3.71. The molecule has 0 aliphatic carbocycles. The number of hydrogen-bond acceptors (Lipinski definition) is 4. The summed E-state index contributed by atoms with van der Waals surface area (Å²) in [6.07, 6.45) is 0. The predicted octanol–water partition coefficient (Wildman–Crippen LogP) is 3.91. The molecule has 0 fully saturated rings. The molecule has 1 N–H and O–H groups in total. The maximum Gasteiger partial charge on any atom is 0.191 e. The van der Waals surface area contributed by atoms with E-state index in [0.717, 1.165) is 10.9 Å². The Balaban J connectivity index is 3.03. The highest BCUT2D eigenvalue weighted by Gasteiger charge is 2.12. The van der Waals surface area contributed by atoms with E-state index in [4.69, 9.17) is 28.9 Å². The van der Waals surface area contributed by atoms with Crippen molar-refractivity contribution in [1.82, 2.24) is 0 Å². The molecule has 82 valence electrons. The van der Waals surface area contributed by atoms with Crippen LogP contribution in [-0.2, 0) is 0 Å². The normalized spacial score (nSPS) is 10.6. The van der Waals surface area contributed by atoms with Crippen molar-refractivity contribution < 1.29 is 9.52 Å². The summed E-state index contributed by atoms with van der Waals surface area (Å²) in [7, 11) is 0. The van der Waals surface area contributed by atoms with Crippen LogP contribution in [-0.4, -0.2) is 9.97 Å². The third kappa shape index (κ3) is 1.74. The van der Waals surface area contributed by atoms with Gasteiger partial charge in [-0.1, -0.05) is 12.2 Å². The lowest BCUT2D eigenvalue weighted by Gasteiger charge is -2.08. The molecule has 0 atom stereocenters. The van der Waals surface area contributed by atoms with E-state index in [2.05, 4.69) is 0 Å². The first-order chi connectivity index (χ1) is 7.50. The van der Waals surface area contributed by atoms with Gasteiger partial charge >= 0.3 is 0 Å². The minimum Gasteiger partial charge on any atom is -0.507 e. The monoisotopic (exact) mass is 250 g/mol. The topological polar surface area (TPSA) is 33.4 Å². The Hall–Kier alpha value is -1.26. The predicted molar refractivity (Wildman–Crippen MR) is 70.8 cm³/mol. The fourth-order valence-electron chi connectivity index (χ4n) is 1.71. The Kier molecular flexibility index (Phi) is 2.78. The Morgan fingerprint density at radius 1 is 1.38 bits per heavy atom. The van der Waals surface area contributed by atoms with E-state index in [0.29, 0.717) is 20.7 Å². The van der Waals surface area contributed by atoms with Crippen LogP contribution >= 0.6 is 24.4 Å². The fraction of sp³-hybridized carbons (Fsp3) is 0.167. The number of fused-ring (bicyclic) bond motifs is 1. The zero-order valence-electron chi connectivity index (χ0n) is 8.90. The van der Waals surface area contributed by atoms with Gasteiger partial charge < -0.3 is 9.52 Å². The van der Waals surface area contributed by atoms with Crippen molar-refractivity contribution in [1.29, 1.82) is 0 Å². The number of benzene rings is 1. The van der Waals surface area contributed by atoms with Gasteiger partial charge in [0.15, 0.2) is 4.71 Å². The van der Waals surface area contributed by atoms with Gasteiger partial charge in [-0.25, -0.2) is 0 Å². The molecule has 16 heavy (non-hydrogen) atoms. The van der Waals surface area contributed by atoms with E-state index >= 15 is 0 Å². The Morgan fingerprint density at radius 2 is 2.06 bits per heavy atom. The lowest BCUT2D eigenvalue weighted by Crippen LogP contribution is -1.94. The molecule has 0 saturated carbocycles. The number of thiocarbonyl (C=S) groups is 1. The molecule has 2 aromatic rings. The number of hydrogen-bond donors (Lipinski definition) is 1. The van der Waals surface area contributed by atoms with Crippen LogP contribution in [0.2, 0.25) is 0 Å². The zero-order valence-corrected chi connectivity index (χ0v) is 10.5. The highest BCUT2D eigenvalue weighted by Crippen LogP contribution is 2.30. The minimum absolute atomic E-state index is 0.128. The maximum atomic E-state index is 9.78. The van der Waals surface area contributed by atoms with Crippen LogP contribution in [0.15, 0.2) is 22.6 Å². The first kappa shape index (κ1) is 11.2. The van der Waals surface area contributed by atoms with Gasteiger partial charge in [-0.15, -0.1) is 0 Å². The minimum atomic E-state index is 0.128. The first-order valence-corrected chi connectivity index (χ1v) is 5.59. The highest BCUT2D eigenvalue weighted by atomic mass is 32.1. The van der Waals surface area contributed by atoms with E-state index in [1.807, 2.05) is 6.92 Å². The van der Waals surface area contributed by atoms with Crippen LogP contribution in [0.3, 0.4) is 0 Å². The summed E-state index contributed by atoms with van der Waals surface area (Å²) in [6, 6.07) is 5.22. The number of aromatic hydroxyl groups is 1. The second kappa shape index (κ2) is 3.96. The van der Waals surface area contributed by atoms with Gasteiger partial charge in [0.2, 0.25) is 0 Å². The molecule has 0 radical (unpaired) electrons. The summed E-state index contributed by atoms with van der Waals surface area (Å²) < 4.78 is 5.88. The van der Waals surface area contributed by atoms with E-state index < -0.39 is 0 Å². The van der Waals surface area contributed by atoms with Crippen molar-refractivity contribution in [3.05, 3.63) is 34.0 Å². The smallest absolute Gasteiger partial charge is 0.191 e. The lowest BCUT2D eigenvalue weighted by atomic mass is 10.0. The van der Waals surface area contributed by atoms with Crippen LogP contribution < -0.4 is 0 Å². The van der Waals surface area contributed by atoms with E-state index in [1.54, 1.807) is 25.1 Å². The summed E-state index contributed by atoms with van der Waals surface area (Å²) in [5, 5.41) is 10.7. The van der Waals surface area contributed by atoms with Crippen molar-refractivity contribution >= 4 is 40.3 Å². The van der Waals surface area contributed by atoms with Crippen LogP contribution in [0.5, 0.6) is 5.75 Å².